The van der Waals surface area contributed by atoms with Crippen LogP contribution in [0.5, 0.6) is 0 Å². The van der Waals surface area contributed by atoms with Crippen LogP contribution in [0.1, 0.15) is 32.6 Å². The maximum Gasteiger partial charge on any atom is 0.223 e. The Hall–Kier alpha value is -1.30. The Morgan fingerprint density at radius 2 is 2.00 bits per heavy atom. The molecule has 0 saturated carbocycles. The molecule has 0 aliphatic carbocycles. The number of aliphatic imine (C=N–C) groups is 1. The van der Waals surface area contributed by atoms with Crippen LogP contribution in [0.15, 0.2) is 4.99 Å². The van der Waals surface area contributed by atoms with Crippen LogP contribution in [0.2, 0.25) is 0 Å². The number of carbonyl (C=O) groups excluding carboxylic acids is 1. The second-order valence-electron chi connectivity index (χ2n) is 5.80. The lowest BCUT2D eigenvalue weighted by molar-refractivity contribution is -0.128. The number of hydrogen-bond acceptors (Lipinski definition) is 3. The average Bonchev–Trinajstić information content (AvgIpc) is 2.48. The van der Waals surface area contributed by atoms with Crippen molar-refractivity contribution in [2.24, 2.45) is 4.99 Å². The molecule has 6 heteroatoms. The summed E-state index contributed by atoms with van der Waals surface area (Å²) in [6, 6.07) is 0.480. The van der Waals surface area contributed by atoms with Gasteiger partial charge >= 0.3 is 0 Å². The number of rotatable bonds is 6. The van der Waals surface area contributed by atoms with E-state index in [-0.39, 0.29) is 5.91 Å². The first kappa shape index (κ1) is 17.8. The number of carbonyl (C=O) groups is 1. The van der Waals surface area contributed by atoms with Gasteiger partial charge < -0.3 is 20.4 Å². The Bertz CT molecular complexity index is 335. The maximum absolute atomic E-state index is 11.5. The first-order valence-electron chi connectivity index (χ1n) is 7.96. The van der Waals surface area contributed by atoms with E-state index in [0.29, 0.717) is 19.0 Å². The summed E-state index contributed by atoms with van der Waals surface area (Å²) >= 11 is 0. The molecule has 122 valence electrons. The molecule has 0 radical (unpaired) electrons. The summed E-state index contributed by atoms with van der Waals surface area (Å²) in [5.74, 6) is 0.932. The van der Waals surface area contributed by atoms with Crippen molar-refractivity contribution in [3.05, 3.63) is 0 Å². The Morgan fingerprint density at radius 3 is 2.52 bits per heavy atom. The molecule has 1 aliphatic heterocycles. The maximum atomic E-state index is 11.5. The first-order chi connectivity index (χ1) is 10.1. The van der Waals surface area contributed by atoms with Crippen LogP contribution < -0.4 is 10.6 Å². The summed E-state index contributed by atoms with van der Waals surface area (Å²) in [5.41, 5.74) is 0. The Labute approximate surface area is 129 Å². The van der Waals surface area contributed by atoms with E-state index in [1.165, 1.54) is 13.0 Å². The zero-order valence-corrected chi connectivity index (χ0v) is 14.0. The lowest BCUT2D eigenvalue weighted by Gasteiger charge is -2.32. The van der Waals surface area contributed by atoms with E-state index in [2.05, 4.69) is 27.4 Å². The molecule has 1 fully saturated rings. The van der Waals surface area contributed by atoms with Gasteiger partial charge in [0.1, 0.15) is 0 Å². The fourth-order valence-electron chi connectivity index (χ4n) is 2.52. The molecule has 1 saturated heterocycles. The molecular formula is C15H31N5O. The Morgan fingerprint density at radius 1 is 1.33 bits per heavy atom. The van der Waals surface area contributed by atoms with Crippen LogP contribution >= 0.6 is 0 Å². The number of hydrogen-bond donors (Lipinski definition) is 2. The van der Waals surface area contributed by atoms with E-state index in [4.69, 9.17) is 0 Å². The third-order valence-corrected chi connectivity index (χ3v) is 3.82. The predicted octanol–water partition coefficient (Wildman–Crippen LogP) is 0.504. The van der Waals surface area contributed by atoms with Crippen molar-refractivity contribution in [2.45, 2.75) is 38.6 Å². The summed E-state index contributed by atoms with van der Waals surface area (Å²) < 4.78 is 0. The molecule has 1 amide bonds. The molecule has 0 bridgehead atoms. The van der Waals surface area contributed by atoms with Crippen LogP contribution in [0.25, 0.3) is 0 Å². The van der Waals surface area contributed by atoms with Gasteiger partial charge in [-0.25, -0.2) is 0 Å². The number of piperidine rings is 1. The van der Waals surface area contributed by atoms with Gasteiger partial charge in [-0.15, -0.1) is 0 Å². The normalized spacial score (nSPS) is 17.6. The zero-order chi connectivity index (χ0) is 15.7. The monoisotopic (exact) mass is 297 g/mol. The Kier molecular flexibility index (Phi) is 8.12. The lowest BCUT2D eigenvalue weighted by Crippen LogP contribution is -2.49. The summed E-state index contributed by atoms with van der Waals surface area (Å²) in [6.07, 6.45) is 4.01. The minimum atomic E-state index is 0.130. The van der Waals surface area contributed by atoms with Gasteiger partial charge in [-0.2, -0.15) is 0 Å². The molecule has 0 aromatic heterocycles. The van der Waals surface area contributed by atoms with Gasteiger partial charge in [0.25, 0.3) is 0 Å². The third kappa shape index (κ3) is 6.80. The van der Waals surface area contributed by atoms with Gasteiger partial charge in [0.05, 0.1) is 0 Å². The standard InChI is InChI=1S/C15H31N5O/c1-5-10-20-11-7-13(8-12-20)18-15(16-2)17-9-6-14(21)19(3)4/h13H,5-12H2,1-4H3,(H2,16,17,18). The predicted molar refractivity (Wildman–Crippen MR) is 87.6 cm³/mol. The second kappa shape index (κ2) is 9.60. The molecule has 1 heterocycles. The molecule has 0 aromatic rings. The summed E-state index contributed by atoms with van der Waals surface area (Å²) in [4.78, 5) is 19.9. The van der Waals surface area contributed by atoms with Gasteiger partial charge in [-0.05, 0) is 25.8 Å². The van der Waals surface area contributed by atoms with Crippen LogP contribution in [-0.2, 0) is 4.79 Å². The van der Waals surface area contributed by atoms with Gasteiger partial charge in [0.2, 0.25) is 5.91 Å². The zero-order valence-electron chi connectivity index (χ0n) is 14.0. The highest BCUT2D eigenvalue weighted by molar-refractivity contribution is 5.81. The number of amides is 1. The van der Waals surface area contributed by atoms with Crippen molar-refractivity contribution in [2.75, 3.05) is 47.3 Å². The topological polar surface area (TPSA) is 60.0 Å². The van der Waals surface area contributed by atoms with E-state index in [1.54, 1.807) is 26.0 Å². The van der Waals surface area contributed by atoms with Crippen LogP contribution in [0.3, 0.4) is 0 Å². The number of guanidine groups is 1. The van der Waals surface area contributed by atoms with Crippen molar-refractivity contribution < 1.29 is 4.79 Å². The van der Waals surface area contributed by atoms with E-state index < -0.39 is 0 Å². The number of nitrogens with zero attached hydrogens (tertiary/aromatic N) is 3. The molecule has 2 N–H and O–H groups in total. The highest BCUT2D eigenvalue weighted by atomic mass is 16.2. The van der Waals surface area contributed by atoms with E-state index in [9.17, 15) is 4.79 Å². The van der Waals surface area contributed by atoms with Crippen molar-refractivity contribution in [3.8, 4) is 0 Å². The van der Waals surface area contributed by atoms with Gasteiger partial charge in [-0.3, -0.25) is 9.79 Å². The van der Waals surface area contributed by atoms with Crippen LogP contribution in [0, 0.1) is 0 Å². The molecule has 1 rings (SSSR count). The quantitative estimate of drug-likeness (QED) is 0.554. The fraction of sp³-hybridized carbons (Fsp3) is 0.867. The molecule has 0 aromatic carbocycles. The van der Waals surface area contributed by atoms with Crippen molar-refractivity contribution in [3.63, 3.8) is 0 Å². The first-order valence-corrected chi connectivity index (χ1v) is 7.96. The van der Waals surface area contributed by atoms with E-state index >= 15 is 0 Å². The summed E-state index contributed by atoms with van der Waals surface area (Å²) in [5, 5.41) is 6.68. The minimum Gasteiger partial charge on any atom is -0.356 e. The Balaban J connectivity index is 2.24. The molecule has 0 spiro atoms. The number of likely N-dealkylation sites (tertiary alicyclic amines) is 1. The molecule has 6 nitrogen and oxygen atoms in total. The van der Waals surface area contributed by atoms with Crippen molar-refractivity contribution in [1.29, 1.82) is 0 Å². The lowest BCUT2D eigenvalue weighted by atomic mass is 10.1. The van der Waals surface area contributed by atoms with E-state index in [0.717, 1.165) is 31.9 Å². The second-order valence-corrected chi connectivity index (χ2v) is 5.80. The van der Waals surface area contributed by atoms with Crippen LogP contribution in [-0.4, -0.2) is 75.0 Å². The fourth-order valence-corrected chi connectivity index (χ4v) is 2.52. The van der Waals surface area contributed by atoms with E-state index in [1.807, 2.05) is 0 Å². The van der Waals surface area contributed by atoms with Gasteiger partial charge in [0.15, 0.2) is 5.96 Å². The van der Waals surface area contributed by atoms with Gasteiger partial charge in [-0.1, -0.05) is 6.92 Å². The van der Waals surface area contributed by atoms with Gasteiger partial charge in [0, 0.05) is 53.2 Å². The van der Waals surface area contributed by atoms with Crippen molar-refractivity contribution in [1.82, 2.24) is 20.4 Å². The average molecular weight is 297 g/mol. The third-order valence-electron chi connectivity index (χ3n) is 3.82. The SMILES string of the molecule is CCCN1CCC(NC(=NC)NCCC(=O)N(C)C)CC1. The summed E-state index contributed by atoms with van der Waals surface area (Å²) in [7, 11) is 5.33. The highest BCUT2D eigenvalue weighted by Gasteiger charge is 2.19. The van der Waals surface area contributed by atoms with Crippen molar-refractivity contribution >= 4 is 11.9 Å². The molecular weight excluding hydrogens is 266 g/mol. The molecule has 21 heavy (non-hydrogen) atoms. The smallest absolute Gasteiger partial charge is 0.223 e. The molecule has 0 atom stereocenters. The minimum absolute atomic E-state index is 0.130. The molecule has 1 aliphatic rings. The highest BCUT2D eigenvalue weighted by Crippen LogP contribution is 2.10. The summed E-state index contributed by atoms with van der Waals surface area (Å²) in [6.45, 7) is 6.35. The largest absolute Gasteiger partial charge is 0.356 e. The van der Waals surface area contributed by atoms with Crippen LogP contribution in [0.4, 0.5) is 0 Å². The number of nitrogens with one attached hydrogen (secondary N) is 2. The molecule has 0 unspecified atom stereocenters.